The molecule has 0 spiro atoms. The number of carboxylic acids is 1. The maximum atomic E-state index is 14.1. The van der Waals surface area contributed by atoms with Crippen LogP contribution in [0.5, 0.6) is 0 Å². The topological polar surface area (TPSA) is 49.8 Å². The second-order valence-corrected chi connectivity index (χ2v) is 8.65. The summed E-state index contributed by atoms with van der Waals surface area (Å²) in [6, 6.07) is 13.6. The molecule has 0 radical (unpaired) electrons. The van der Waals surface area contributed by atoms with Crippen molar-refractivity contribution in [1.82, 2.24) is 4.90 Å². The normalized spacial score (nSPS) is 27.0. The summed E-state index contributed by atoms with van der Waals surface area (Å²) >= 11 is 0. The molecule has 0 aromatic heterocycles. The van der Waals surface area contributed by atoms with Gasteiger partial charge in [0.1, 0.15) is 5.82 Å². The Morgan fingerprint density at radius 1 is 1.10 bits per heavy atom. The number of ether oxygens (including phenoxy) is 1. The summed E-state index contributed by atoms with van der Waals surface area (Å²) in [7, 11) is 0. The van der Waals surface area contributed by atoms with Crippen LogP contribution in [0.3, 0.4) is 0 Å². The summed E-state index contributed by atoms with van der Waals surface area (Å²) in [5.41, 5.74) is 4.76. The van der Waals surface area contributed by atoms with E-state index in [1.165, 1.54) is 11.1 Å². The number of benzene rings is 2. The molecule has 2 aromatic rings. The summed E-state index contributed by atoms with van der Waals surface area (Å²) in [6.07, 6.45) is 3.09. The van der Waals surface area contributed by atoms with E-state index in [0.29, 0.717) is 12.8 Å². The van der Waals surface area contributed by atoms with Crippen LogP contribution >= 0.6 is 0 Å². The molecular formula is C24H26FNO3. The molecule has 2 aliphatic heterocycles. The average molecular weight is 395 g/mol. The molecule has 5 rings (SSSR count). The van der Waals surface area contributed by atoms with Crippen LogP contribution in [0, 0.1) is 11.7 Å². The Hall–Kier alpha value is -2.24. The van der Waals surface area contributed by atoms with Crippen LogP contribution in [0.25, 0.3) is 0 Å². The van der Waals surface area contributed by atoms with Crippen LogP contribution in [0.15, 0.2) is 42.5 Å². The number of fused-ring (bicyclic) bond motifs is 5. The van der Waals surface area contributed by atoms with Crippen molar-refractivity contribution in [2.45, 2.75) is 43.8 Å². The van der Waals surface area contributed by atoms with E-state index >= 15 is 0 Å². The van der Waals surface area contributed by atoms with Gasteiger partial charge in [-0.2, -0.15) is 0 Å². The molecule has 5 heteroatoms. The number of rotatable bonds is 3. The maximum Gasteiger partial charge on any atom is 0.306 e. The molecule has 1 N–H and O–H groups in total. The van der Waals surface area contributed by atoms with E-state index < -0.39 is 5.97 Å². The second-order valence-electron chi connectivity index (χ2n) is 8.65. The quantitative estimate of drug-likeness (QED) is 0.849. The van der Waals surface area contributed by atoms with Crippen LogP contribution in [0.2, 0.25) is 0 Å². The van der Waals surface area contributed by atoms with Crippen molar-refractivity contribution in [2.75, 3.05) is 19.6 Å². The first kappa shape index (κ1) is 18.8. The molecule has 0 saturated carbocycles. The molecule has 1 aliphatic carbocycles. The van der Waals surface area contributed by atoms with Crippen molar-refractivity contribution in [2.24, 2.45) is 5.92 Å². The summed E-state index contributed by atoms with van der Waals surface area (Å²) in [5.74, 6) is -0.880. The standard InChI is InChI=1S/C24H26FNO3/c25-18-6-5-17-11-16-3-1-2-4-20(16)22-13-19(29-23(22)21(17)12-18)14-26-9-7-15(8-10-26)24(27)28/h1-6,12,15,19,22-23H,7-11,13-14H2,(H,27,28). The highest BCUT2D eigenvalue weighted by molar-refractivity contribution is 5.70. The van der Waals surface area contributed by atoms with Crippen LogP contribution in [-0.4, -0.2) is 41.7 Å². The number of nitrogens with zero attached hydrogens (tertiary/aromatic N) is 1. The molecule has 3 atom stereocenters. The third-order valence-corrected chi connectivity index (χ3v) is 6.87. The lowest BCUT2D eigenvalue weighted by atomic mass is 9.87. The summed E-state index contributed by atoms with van der Waals surface area (Å²) in [5, 5.41) is 9.21. The first-order valence-electron chi connectivity index (χ1n) is 10.5. The number of halogens is 1. The summed E-state index contributed by atoms with van der Waals surface area (Å²) in [4.78, 5) is 13.5. The van der Waals surface area contributed by atoms with Gasteiger partial charge in [-0.05, 0) is 73.2 Å². The van der Waals surface area contributed by atoms with Gasteiger partial charge in [0.25, 0.3) is 0 Å². The van der Waals surface area contributed by atoms with E-state index in [2.05, 4.69) is 29.2 Å². The SMILES string of the molecule is O=C(O)C1CCN(CC2CC3c4ccccc4Cc4ccc(F)cc4C3O2)CC1. The predicted molar refractivity (Wildman–Crippen MR) is 107 cm³/mol. The first-order chi connectivity index (χ1) is 14.1. The number of piperidine rings is 1. The van der Waals surface area contributed by atoms with Crippen LogP contribution in [0.1, 0.15) is 53.5 Å². The Morgan fingerprint density at radius 2 is 1.86 bits per heavy atom. The van der Waals surface area contributed by atoms with E-state index in [9.17, 15) is 14.3 Å². The van der Waals surface area contributed by atoms with Crippen molar-refractivity contribution in [3.05, 3.63) is 70.5 Å². The molecule has 2 saturated heterocycles. The number of carboxylic acid groups (broad SMARTS) is 1. The highest BCUT2D eigenvalue weighted by Crippen LogP contribution is 2.49. The van der Waals surface area contributed by atoms with Gasteiger partial charge in [0, 0.05) is 12.5 Å². The molecule has 3 aliphatic rings. The van der Waals surface area contributed by atoms with Crippen molar-refractivity contribution < 1.29 is 19.0 Å². The minimum absolute atomic E-state index is 0.0775. The number of hydrogen-bond donors (Lipinski definition) is 1. The van der Waals surface area contributed by atoms with Crippen LogP contribution < -0.4 is 0 Å². The Bertz CT molecular complexity index is 922. The number of carbonyl (C=O) groups is 1. The Kier molecular flexibility index (Phi) is 4.88. The Labute approximate surface area is 170 Å². The molecule has 29 heavy (non-hydrogen) atoms. The fourth-order valence-corrected chi connectivity index (χ4v) is 5.37. The van der Waals surface area contributed by atoms with Gasteiger partial charge in [-0.25, -0.2) is 4.39 Å². The van der Waals surface area contributed by atoms with E-state index in [0.717, 1.165) is 43.6 Å². The van der Waals surface area contributed by atoms with Crippen LogP contribution in [0.4, 0.5) is 4.39 Å². The van der Waals surface area contributed by atoms with E-state index in [-0.39, 0.29) is 29.9 Å². The molecule has 0 amide bonds. The molecule has 0 bridgehead atoms. The van der Waals surface area contributed by atoms with Gasteiger partial charge in [0.15, 0.2) is 0 Å². The zero-order chi connectivity index (χ0) is 20.0. The predicted octanol–water partition coefficient (Wildman–Crippen LogP) is 4.14. The molecule has 3 unspecified atom stereocenters. The molecule has 2 heterocycles. The highest BCUT2D eigenvalue weighted by atomic mass is 19.1. The molecular weight excluding hydrogens is 369 g/mol. The number of hydrogen-bond acceptors (Lipinski definition) is 3. The third-order valence-electron chi connectivity index (χ3n) is 6.87. The largest absolute Gasteiger partial charge is 0.481 e. The third kappa shape index (κ3) is 3.58. The van der Waals surface area contributed by atoms with Gasteiger partial charge < -0.3 is 14.7 Å². The highest BCUT2D eigenvalue weighted by Gasteiger charge is 2.41. The molecule has 2 fully saturated rings. The van der Waals surface area contributed by atoms with Crippen LogP contribution in [-0.2, 0) is 16.0 Å². The smallest absolute Gasteiger partial charge is 0.306 e. The Balaban J connectivity index is 1.38. The lowest BCUT2D eigenvalue weighted by Crippen LogP contribution is -2.40. The lowest BCUT2D eigenvalue weighted by Gasteiger charge is -2.31. The zero-order valence-corrected chi connectivity index (χ0v) is 16.4. The average Bonchev–Trinajstić information content (AvgIpc) is 3.08. The summed E-state index contributed by atoms with van der Waals surface area (Å²) in [6.45, 7) is 2.41. The second kappa shape index (κ2) is 7.54. The van der Waals surface area contributed by atoms with Gasteiger partial charge >= 0.3 is 5.97 Å². The molecule has 152 valence electrons. The minimum atomic E-state index is -0.681. The summed E-state index contributed by atoms with van der Waals surface area (Å²) < 4.78 is 20.6. The zero-order valence-electron chi connectivity index (χ0n) is 16.4. The minimum Gasteiger partial charge on any atom is -0.481 e. The fourth-order valence-electron chi connectivity index (χ4n) is 5.37. The first-order valence-corrected chi connectivity index (χ1v) is 10.5. The van der Waals surface area contributed by atoms with Gasteiger partial charge in [0.2, 0.25) is 0 Å². The van der Waals surface area contributed by atoms with Crippen molar-refractivity contribution in [3.8, 4) is 0 Å². The maximum absolute atomic E-state index is 14.1. The van der Waals surface area contributed by atoms with E-state index in [4.69, 9.17) is 4.74 Å². The van der Waals surface area contributed by atoms with Gasteiger partial charge in [-0.1, -0.05) is 30.3 Å². The fraction of sp³-hybridized carbons (Fsp3) is 0.458. The lowest BCUT2D eigenvalue weighted by molar-refractivity contribution is -0.143. The number of likely N-dealkylation sites (tertiary alicyclic amines) is 1. The van der Waals surface area contributed by atoms with Gasteiger partial charge in [-0.3, -0.25) is 4.79 Å². The van der Waals surface area contributed by atoms with Gasteiger partial charge in [0.05, 0.1) is 18.1 Å². The Morgan fingerprint density at radius 3 is 2.66 bits per heavy atom. The van der Waals surface area contributed by atoms with E-state index in [1.807, 2.05) is 6.07 Å². The molecule has 2 aromatic carbocycles. The monoisotopic (exact) mass is 395 g/mol. The number of aliphatic carboxylic acids is 1. The van der Waals surface area contributed by atoms with Gasteiger partial charge in [-0.15, -0.1) is 0 Å². The van der Waals surface area contributed by atoms with Crippen molar-refractivity contribution in [1.29, 1.82) is 0 Å². The van der Waals surface area contributed by atoms with Crippen molar-refractivity contribution >= 4 is 5.97 Å². The van der Waals surface area contributed by atoms with E-state index in [1.54, 1.807) is 12.1 Å². The van der Waals surface area contributed by atoms with Crippen molar-refractivity contribution in [3.63, 3.8) is 0 Å². The molecule has 4 nitrogen and oxygen atoms in total.